The van der Waals surface area contributed by atoms with E-state index in [4.69, 9.17) is 4.74 Å². The lowest BCUT2D eigenvalue weighted by atomic mass is 10.1. The lowest BCUT2D eigenvalue weighted by Crippen LogP contribution is -2.21. The Kier molecular flexibility index (Phi) is 7.04. The maximum Gasteiger partial charge on any atom is 0.353 e. The highest BCUT2D eigenvalue weighted by Crippen LogP contribution is 2.34. The summed E-state index contributed by atoms with van der Waals surface area (Å²) in [5, 5.41) is 14.6. The third-order valence-electron chi connectivity index (χ3n) is 3.87. The molecule has 0 saturated heterocycles. The van der Waals surface area contributed by atoms with Gasteiger partial charge in [-0.3, -0.25) is 10.1 Å². The van der Waals surface area contributed by atoms with Gasteiger partial charge < -0.3 is 15.0 Å². The van der Waals surface area contributed by atoms with E-state index in [9.17, 15) is 14.9 Å². The number of aromatic nitrogens is 2. The number of nitrogens with one attached hydrogen (secondary N) is 1. The molecule has 2 rings (SSSR count). The molecule has 9 heteroatoms. The van der Waals surface area contributed by atoms with Crippen molar-refractivity contribution in [2.45, 2.75) is 26.7 Å². The van der Waals surface area contributed by atoms with Crippen LogP contribution in [0.1, 0.15) is 37.0 Å². The molecule has 1 aromatic heterocycles. The molecule has 1 N–H and O–H groups in total. The van der Waals surface area contributed by atoms with E-state index < -0.39 is 10.9 Å². The second kappa shape index (κ2) is 9.46. The minimum Gasteiger partial charge on any atom is -0.462 e. The van der Waals surface area contributed by atoms with E-state index in [0.717, 1.165) is 12.8 Å². The number of benzene rings is 1. The van der Waals surface area contributed by atoms with E-state index in [2.05, 4.69) is 15.3 Å². The molecule has 0 bridgehead atoms. The van der Waals surface area contributed by atoms with Crippen molar-refractivity contribution < 1.29 is 14.5 Å². The summed E-state index contributed by atoms with van der Waals surface area (Å²) in [4.78, 5) is 33.1. The molecule has 0 aliphatic rings. The van der Waals surface area contributed by atoms with E-state index >= 15 is 0 Å². The maximum atomic E-state index is 12.1. The fourth-order valence-corrected chi connectivity index (χ4v) is 2.52. The van der Waals surface area contributed by atoms with Gasteiger partial charge in [-0.25, -0.2) is 14.8 Å². The van der Waals surface area contributed by atoms with E-state index in [1.54, 1.807) is 43.1 Å². The van der Waals surface area contributed by atoms with Crippen LogP contribution in [0.3, 0.4) is 0 Å². The number of ether oxygens (including phenoxy) is 1. The second-order valence-electron chi connectivity index (χ2n) is 5.82. The highest BCUT2D eigenvalue weighted by molar-refractivity contribution is 5.96. The number of carbonyl (C=O) groups is 1. The Hall–Kier alpha value is -3.23. The lowest BCUT2D eigenvalue weighted by Gasteiger charge is -2.18. The Morgan fingerprint density at radius 1 is 1.30 bits per heavy atom. The Balaban J connectivity index is 2.43. The SMILES string of the molecule is CCCCN(C)c1ncnc(Nc2ccccc2C(=O)OCC)c1[N+](=O)[O-]. The quantitative estimate of drug-likeness (QED) is 0.404. The molecular formula is C18H23N5O4. The fraction of sp³-hybridized carbons (Fsp3) is 0.389. The van der Waals surface area contributed by atoms with Crippen molar-refractivity contribution >= 4 is 29.0 Å². The smallest absolute Gasteiger partial charge is 0.353 e. The first-order valence-corrected chi connectivity index (χ1v) is 8.73. The first-order valence-electron chi connectivity index (χ1n) is 8.73. The summed E-state index contributed by atoms with van der Waals surface area (Å²) in [6.07, 6.45) is 3.10. The summed E-state index contributed by atoms with van der Waals surface area (Å²) in [6, 6.07) is 6.63. The van der Waals surface area contributed by atoms with Crippen molar-refractivity contribution in [3.63, 3.8) is 0 Å². The molecule has 1 aromatic carbocycles. The van der Waals surface area contributed by atoms with E-state index in [0.29, 0.717) is 12.2 Å². The van der Waals surface area contributed by atoms with Gasteiger partial charge in [0.2, 0.25) is 11.6 Å². The van der Waals surface area contributed by atoms with Crippen molar-refractivity contribution in [2.24, 2.45) is 0 Å². The van der Waals surface area contributed by atoms with Crippen LogP contribution >= 0.6 is 0 Å². The first-order chi connectivity index (χ1) is 13.0. The number of unbranched alkanes of at least 4 members (excludes halogenated alkanes) is 1. The third-order valence-corrected chi connectivity index (χ3v) is 3.87. The number of esters is 1. The average Bonchev–Trinajstić information content (AvgIpc) is 2.66. The molecule has 0 amide bonds. The highest BCUT2D eigenvalue weighted by atomic mass is 16.6. The lowest BCUT2D eigenvalue weighted by molar-refractivity contribution is -0.383. The van der Waals surface area contributed by atoms with Crippen molar-refractivity contribution in [1.82, 2.24) is 9.97 Å². The molecule has 0 fully saturated rings. The molecule has 27 heavy (non-hydrogen) atoms. The molecular weight excluding hydrogens is 350 g/mol. The largest absolute Gasteiger partial charge is 0.462 e. The van der Waals surface area contributed by atoms with Gasteiger partial charge in [0, 0.05) is 13.6 Å². The molecule has 0 radical (unpaired) electrons. The zero-order valence-electron chi connectivity index (χ0n) is 15.6. The molecule has 0 spiro atoms. The van der Waals surface area contributed by atoms with Crippen LogP contribution in [-0.2, 0) is 4.74 Å². The fourth-order valence-electron chi connectivity index (χ4n) is 2.52. The van der Waals surface area contributed by atoms with Gasteiger partial charge in [0.05, 0.1) is 22.8 Å². The Bertz CT molecular complexity index is 812. The van der Waals surface area contributed by atoms with Crippen molar-refractivity contribution in [1.29, 1.82) is 0 Å². The average molecular weight is 373 g/mol. The van der Waals surface area contributed by atoms with Gasteiger partial charge in [-0.2, -0.15) is 0 Å². The zero-order valence-corrected chi connectivity index (χ0v) is 15.6. The van der Waals surface area contributed by atoms with Crippen molar-refractivity contribution in [3.05, 3.63) is 46.3 Å². The third kappa shape index (κ3) is 4.90. The Morgan fingerprint density at radius 3 is 2.70 bits per heavy atom. The number of rotatable bonds is 9. The predicted molar refractivity (Wildman–Crippen MR) is 103 cm³/mol. The molecule has 0 saturated carbocycles. The number of hydrogen-bond acceptors (Lipinski definition) is 8. The Labute approximate surface area is 157 Å². The highest BCUT2D eigenvalue weighted by Gasteiger charge is 2.26. The topological polar surface area (TPSA) is 110 Å². The summed E-state index contributed by atoms with van der Waals surface area (Å²) in [5.74, 6) is -0.276. The van der Waals surface area contributed by atoms with Crippen LogP contribution in [0, 0.1) is 10.1 Å². The van der Waals surface area contributed by atoms with Crippen LogP contribution in [0.4, 0.5) is 23.0 Å². The molecule has 0 unspecified atom stereocenters. The van der Waals surface area contributed by atoms with E-state index in [1.807, 2.05) is 6.92 Å². The molecule has 9 nitrogen and oxygen atoms in total. The van der Waals surface area contributed by atoms with Crippen LogP contribution in [0.2, 0.25) is 0 Å². The molecule has 0 aliphatic heterocycles. The van der Waals surface area contributed by atoms with Gasteiger partial charge in [0.15, 0.2) is 0 Å². The molecule has 2 aromatic rings. The first kappa shape index (κ1) is 20.1. The minimum absolute atomic E-state index is 0.0186. The van der Waals surface area contributed by atoms with Crippen LogP contribution < -0.4 is 10.2 Å². The number of para-hydroxylation sites is 1. The number of nitrogens with zero attached hydrogens (tertiary/aromatic N) is 4. The summed E-state index contributed by atoms with van der Waals surface area (Å²) >= 11 is 0. The van der Waals surface area contributed by atoms with Crippen molar-refractivity contribution in [3.8, 4) is 0 Å². The number of nitro groups is 1. The molecule has 0 atom stereocenters. The molecule has 1 heterocycles. The standard InChI is InChI=1S/C18H23N5O4/c1-4-6-11-22(3)17-15(23(25)26)16(19-12-20-17)21-14-10-8-7-9-13(14)18(24)27-5-2/h7-10,12H,4-6,11H2,1-3H3,(H,19,20,21). The van der Waals surface area contributed by atoms with Gasteiger partial charge in [-0.1, -0.05) is 25.5 Å². The number of hydrogen-bond donors (Lipinski definition) is 1. The minimum atomic E-state index is -0.521. The van der Waals surface area contributed by atoms with Gasteiger partial charge >= 0.3 is 11.7 Å². The van der Waals surface area contributed by atoms with Gasteiger partial charge in [0.25, 0.3) is 0 Å². The maximum absolute atomic E-state index is 12.1. The molecule has 144 valence electrons. The van der Waals surface area contributed by atoms with Gasteiger partial charge in [0.1, 0.15) is 6.33 Å². The normalized spacial score (nSPS) is 10.3. The summed E-state index contributed by atoms with van der Waals surface area (Å²) in [5.41, 5.74) is 0.405. The van der Waals surface area contributed by atoms with E-state index in [1.165, 1.54) is 6.33 Å². The van der Waals surface area contributed by atoms with Gasteiger partial charge in [-0.05, 0) is 25.5 Å². The monoisotopic (exact) mass is 373 g/mol. The van der Waals surface area contributed by atoms with E-state index in [-0.39, 0.29) is 29.5 Å². The van der Waals surface area contributed by atoms with Crippen molar-refractivity contribution in [2.75, 3.05) is 30.4 Å². The zero-order chi connectivity index (χ0) is 19.8. The predicted octanol–water partition coefficient (Wildman–Crippen LogP) is 3.54. The number of carbonyl (C=O) groups excluding carboxylic acids is 1. The van der Waals surface area contributed by atoms with Crippen LogP contribution in [0.15, 0.2) is 30.6 Å². The molecule has 0 aliphatic carbocycles. The van der Waals surface area contributed by atoms with Crippen LogP contribution in [-0.4, -0.2) is 41.1 Å². The summed E-state index contributed by atoms with van der Waals surface area (Å²) in [6.45, 7) is 4.61. The van der Waals surface area contributed by atoms with Crippen LogP contribution in [0.5, 0.6) is 0 Å². The second-order valence-corrected chi connectivity index (χ2v) is 5.82. The Morgan fingerprint density at radius 2 is 2.04 bits per heavy atom. The number of anilines is 3. The summed E-state index contributed by atoms with van der Waals surface area (Å²) in [7, 11) is 1.75. The van der Waals surface area contributed by atoms with Crippen LogP contribution in [0.25, 0.3) is 0 Å². The van der Waals surface area contributed by atoms with Gasteiger partial charge in [-0.15, -0.1) is 0 Å². The summed E-state index contributed by atoms with van der Waals surface area (Å²) < 4.78 is 5.04.